The average Bonchev–Trinajstić information content (AvgIpc) is 2.97. The fourth-order valence-electron chi connectivity index (χ4n) is 2.70. The van der Waals surface area contributed by atoms with Crippen molar-refractivity contribution >= 4 is 28.0 Å². The Balaban J connectivity index is 1.52. The number of aromatic nitrogens is 1. The summed E-state index contributed by atoms with van der Waals surface area (Å²) in [4.78, 5) is 19.0. The van der Waals surface area contributed by atoms with Gasteiger partial charge in [0.2, 0.25) is 0 Å². The Labute approximate surface area is 142 Å². The summed E-state index contributed by atoms with van der Waals surface area (Å²) in [6, 6.07) is 6.90. The van der Waals surface area contributed by atoms with Gasteiger partial charge in [-0.15, -0.1) is 11.3 Å². The lowest BCUT2D eigenvalue weighted by molar-refractivity contribution is 0.0954. The molecule has 0 saturated carbocycles. The highest BCUT2D eigenvalue weighted by Crippen LogP contribution is 2.26. The lowest BCUT2D eigenvalue weighted by Crippen LogP contribution is -2.25. The van der Waals surface area contributed by atoms with Gasteiger partial charge in [0.05, 0.1) is 10.7 Å². The molecule has 1 N–H and O–H groups in total. The maximum Gasteiger partial charge on any atom is 0.251 e. The molecule has 6 heteroatoms. The highest BCUT2D eigenvalue weighted by Gasteiger charge is 2.15. The molecular formula is C17H20N2O2S2. The third-order valence-electron chi connectivity index (χ3n) is 3.96. The molecule has 1 aromatic heterocycles. The number of nitrogens with zero attached hydrogens (tertiary/aromatic N) is 1. The molecule has 1 amide bonds. The van der Waals surface area contributed by atoms with Crippen molar-refractivity contribution in [2.75, 3.05) is 12.8 Å². The van der Waals surface area contributed by atoms with Gasteiger partial charge in [-0.2, -0.15) is 0 Å². The molecule has 0 fully saturated rings. The first-order valence-electron chi connectivity index (χ1n) is 7.82. The van der Waals surface area contributed by atoms with Crippen LogP contribution in [0.25, 0.3) is 0 Å². The number of aryl methyl sites for hydroxylation is 2. The van der Waals surface area contributed by atoms with Gasteiger partial charge in [-0.3, -0.25) is 9.00 Å². The maximum atomic E-state index is 12.1. The maximum absolute atomic E-state index is 12.1. The molecule has 0 unspecified atom stereocenters. The van der Waals surface area contributed by atoms with Crippen molar-refractivity contribution < 1.29 is 9.00 Å². The van der Waals surface area contributed by atoms with Crippen LogP contribution in [0.2, 0.25) is 0 Å². The summed E-state index contributed by atoms with van der Waals surface area (Å²) in [6.45, 7) is 0.590. The Bertz CT molecular complexity index is 699. The third kappa shape index (κ3) is 4.06. The van der Waals surface area contributed by atoms with Crippen molar-refractivity contribution in [1.82, 2.24) is 10.3 Å². The minimum absolute atomic E-state index is 0.0974. The van der Waals surface area contributed by atoms with Crippen LogP contribution in [0.3, 0.4) is 0 Å². The number of benzene rings is 1. The largest absolute Gasteiger partial charge is 0.352 e. The number of fused-ring (bicyclic) bond motifs is 1. The topological polar surface area (TPSA) is 59.1 Å². The van der Waals surface area contributed by atoms with Gasteiger partial charge in [-0.05, 0) is 49.9 Å². The van der Waals surface area contributed by atoms with E-state index in [1.807, 2.05) is 0 Å². The molecule has 3 rings (SSSR count). The fraction of sp³-hybridized carbons (Fsp3) is 0.412. The number of hydrogen-bond acceptors (Lipinski definition) is 4. The third-order valence-corrected chi connectivity index (χ3v) is 6.12. The molecule has 0 spiro atoms. The van der Waals surface area contributed by atoms with Gasteiger partial charge in [0, 0.05) is 45.4 Å². The lowest BCUT2D eigenvalue weighted by Gasteiger charge is -2.06. The summed E-state index contributed by atoms with van der Waals surface area (Å²) in [5, 5.41) is 4.05. The van der Waals surface area contributed by atoms with Gasteiger partial charge in [0.1, 0.15) is 0 Å². The van der Waals surface area contributed by atoms with E-state index in [4.69, 9.17) is 0 Å². The summed E-state index contributed by atoms with van der Waals surface area (Å²) < 4.78 is 11.3. The van der Waals surface area contributed by atoms with E-state index in [2.05, 4.69) is 10.3 Å². The molecule has 1 aromatic carbocycles. The number of carbonyl (C=O) groups is 1. The first kappa shape index (κ1) is 16.3. The zero-order valence-electron chi connectivity index (χ0n) is 13.1. The van der Waals surface area contributed by atoms with E-state index in [1.165, 1.54) is 23.4 Å². The Morgan fingerprint density at radius 3 is 2.70 bits per heavy atom. The van der Waals surface area contributed by atoms with Crippen LogP contribution in [0.1, 0.15) is 38.8 Å². The predicted octanol–water partition coefficient (Wildman–Crippen LogP) is 2.73. The predicted molar refractivity (Wildman–Crippen MR) is 93.6 cm³/mol. The molecule has 2 aromatic rings. The van der Waals surface area contributed by atoms with Crippen molar-refractivity contribution in [2.45, 2.75) is 37.0 Å². The summed E-state index contributed by atoms with van der Waals surface area (Å²) >= 11 is 1.79. The van der Waals surface area contributed by atoms with Crippen molar-refractivity contribution in [3.05, 3.63) is 45.4 Å². The van der Waals surface area contributed by atoms with E-state index in [9.17, 15) is 9.00 Å². The minimum Gasteiger partial charge on any atom is -0.352 e. The van der Waals surface area contributed by atoms with Crippen LogP contribution >= 0.6 is 11.3 Å². The van der Waals surface area contributed by atoms with Crippen molar-refractivity contribution in [1.29, 1.82) is 0 Å². The number of hydrogen-bond donors (Lipinski definition) is 1. The van der Waals surface area contributed by atoms with Gasteiger partial charge in [-0.25, -0.2) is 4.98 Å². The number of nitrogens with one attached hydrogen (secondary N) is 1. The van der Waals surface area contributed by atoms with Gasteiger partial charge >= 0.3 is 0 Å². The monoisotopic (exact) mass is 348 g/mol. The van der Waals surface area contributed by atoms with Crippen LogP contribution in [-0.2, 0) is 30.1 Å². The van der Waals surface area contributed by atoms with E-state index < -0.39 is 10.8 Å². The van der Waals surface area contributed by atoms with Crippen molar-refractivity contribution in [3.63, 3.8) is 0 Å². The second-order valence-corrected chi connectivity index (χ2v) is 8.22. The van der Waals surface area contributed by atoms with E-state index >= 15 is 0 Å². The first-order chi connectivity index (χ1) is 11.1. The number of rotatable bonds is 5. The molecule has 1 aliphatic rings. The Hall–Kier alpha value is -1.53. The smallest absolute Gasteiger partial charge is 0.251 e. The molecule has 1 aliphatic carbocycles. The number of carbonyl (C=O) groups excluding carboxylic acids is 1. The molecular weight excluding hydrogens is 328 g/mol. The quantitative estimate of drug-likeness (QED) is 0.904. The molecule has 0 aliphatic heterocycles. The second-order valence-electron chi connectivity index (χ2n) is 5.67. The van der Waals surface area contributed by atoms with E-state index in [1.54, 1.807) is 41.9 Å². The van der Waals surface area contributed by atoms with E-state index in [0.717, 1.165) is 29.2 Å². The van der Waals surface area contributed by atoms with Crippen LogP contribution in [0, 0.1) is 0 Å². The Morgan fingerprint density at radius 1 is 1.26 bits per heavy atom. The first-order valence-corrected chi connectivity index (χ1v) is 10.2. The van der Waals surface area contributed by atoms with Gasteiger partial charge in [-0.1, -0.05) is 0 Å². The van der Waals surface area contributed by atoms with Crippen molar-refractivity contribution in [2.24, 2.45) is 0 Å². The van der Waals surface area contributed by atoms with Gasteiger partial charge in [0.25, 0.3) is 5.91 Å². The summed E-state index contributed by atoms with van der Waals surface area (Å²) in [7, 11) is -1.02. The minimum atomic E-state index is -1.02. The van der Waals surface area contributed by atoms with E-state index in [0.29, 0.717) is 12.1 Å². The summed E-state index contributed by atoms with van der Waals surface area (Å²) in [5.41, 5.74) is 1.86. The molecule has 23 heavy (non-hydrogen) atoms. The van der Waals surface area contributed by atoms with Crippen LogP contribution in [-0.4, -0.2) is 27.9 Å². The zero-order valence-corrected chi connectivity index (χ0v) is 14.8. The normalized spacial score (nSPS) is 15.0. The summed E-state index contributed by atoms with van der Waals surface area (Å²) in [6.07, 6.45) is 7.17. The van der Waals surface area contributed by atoms with Crippen LogP contribution in [0.15, 0.2) is 29.2 Å². The molecule has 0 radical (unpaired) electrons. The number of thiazole rings is 1. The van der Waals surface area contributed by atoms with Crippen molar-refractivity contribution in [3.8, 4) is 0 Å². The van der Waals surface area contributed by atoms with Gasteiger partial charge in [0.15, 0.2) is 0 Å². The van der Waals surface area contributed by atoms with Gasteiger partial charge < -0.3 is 5.32 Å². The highest BCUT2D eigenvalue weighted by atomic mass is 32.2. The zero-order chi connectivity index (χ0) is 16.2. The molecule has 1 heterocycles. The van der Waals surface area contributed by atoms with Crippen LogP contribution in [0.4, 0.5) is 0 Å². The molecule has 1 atom stereocenters. The van der Waals surface area contributed by atoms with Crippen LogP contribution < -0.4 is 5.32 Å². The van der Waals surface area contributed by atoms with Crippen LogP contribution in [0.5, 0.6) is 0 Å². The molecule has 4 nitrogen and oxygen atoms in total. The summed E-state index contributed by atoms with van der Waals surface area (Å²) in [5.74, 6) is -0.0974. The Kier molecular flexibility index (Phi) is 5.23. The molecule has 122 valence electrons. The average molecular weight is 348 g/mol. The highest BCUT2D eigenvalue weighted by molar-refractivity contribution is 7.84. The molecule has 0 saturated heterocycles. The fourth-order valence-corrected chi connectivity index (χ4v) is 4.37. The number of amides is 1. The lowest BCUT2D eigenvalue weighted by atomic mass is 10.0. The SMILES string of the molecule is C[S@](=O)c1ccc(C(=O)NCCc2nc3c(s2)CCCC3)cc1. The standard InChI is InChI=1S/C17H20N2O2S2/c1-23(21)13-8-6-12(7-9-13)17(20)18-11-10-16-19-14-4-2-3-5-15(14)22-16/h6-9H,2-5,10-11H2,1H3,(H,18,20)/t23-/m0/s1. The van der Waals surface area contributed by atoms with E-state index in [-0.39, 0.29) is 5.91 Å². The Morgan fingerprint density at radius 2 is 2.00 bits per heavy atom. The second kappa shape index (κ2) is 7.36. The molecule has 0 bridgehead atoms.